The summed E-state index contributed by atoms with van der Waals surface area (Å²) in [7, 11) is 0. The molecule has 0 amide bonds. The number of nitrogens with zero attached hydrogens (tertiary/aromatic N) is 2. The van der Waals surface area contributed by atoms with Crippen LogP contribution in [0, 0.1) is 0 Å². The first-order valence-electron chi connectivity index (χ1n) is 7.21. The van der Waals surface area contributed by atoms with Crippen molar-refractivity contribution in [3.8, 4) is 0 Å². The molecule has 122 valence electrons. The van der Waals surface area contributed by atoms with E-state index in [1.54, 1.807) is 19.9 Å². The SMILES string of the molecule is CCOC(=O)c1ncn(Cc2ccccc2Cl)c1C(=O)OCC. The number of carbonyl (C=O) groups is 2. The Labute approximate surface area is 139 Å². The normalized spacial score (nSPS) is 10.4. The van der Waals surface area contributed by atoms with Crippen molar-refractivity contribution in [2.75, 3.05) is 13.2 Å². The monoisotopic (exact) mass is 336 g/mol. The fourth-order valence-corrected chi connectivity index (χ4v) is 2.27. The van der Waals surface area contributed by atoms with Crippen molar-refractivity contribution in [1.82, 2.24) is 9.55 Å². The predicted molar refractivity (Wildman–Crippen MR) is 84.7 cm³/mol. The van der Waals surface area contributed by atoms with E-state index in [0.29, 0.717) is 11.6 Å². The topological polar surface area (TPSA) is 70.4 Å². The van der Waals surface area contributed by atoms with E-state index in [0.717, 1.165) is 5.56 Å². The zero-order valence-corrected chi connectivity index (χ0v) is 13.7. The van der Waals surface area contributed by atoms with Gasteiger partial charge in [0, 0.05) is 5.02 Å². The molecule has 23 heavy (non-hydrogen) atoms. The third-order valence-corrected chi connectivity index (χ3v) is 3.44. The average molecular weight is 337 g/mol. The lowest BCUT2D eigenvalue weighted by Crippen LogP contribution is -2.18. The number of hydrogen-bond acceptors (Lipinski definition) is 5. The molecule has 0 saturated heterocycles. The molecule has 0 fully saturated rings. The molecule has 0 aliphatic carbocycles. The van der Waals surface area contributed by atoms with Crippen LogP contribution in [0.3, 0.4) is 0 Å². The molecule has 0 atom stereocenters. The van der Waals surface area contributed by atoms with Crippen LogP contribution < -0.4 is 0 Å². The van der Waals surface area contributed by atoms with Gasteiger partial charge in [-0.25, -0.2) is 14.6 Å². The first kappa shape index (κ1) is 17.0. The van der Waals surface area contributed by atoms with E-state index in [4.69, 9.17) is 21.1 Å². The Balaban J connectivity index is 2.41. The Kier molecular flexibility index (Phi) is 5.76. The number of benzene rings is 1. The summed E-state index contributed by atoms with van der Waals surface area (Å²) in [6, 6.07) is 7.25. The largest absolute Gasteiger partial charge is 0.461 e. The molecule has 0 aliphatic heterocycles. The molecule has 0 bridgehead atoms. The van der Waals surface area contributed by atoms with Crippen molar-refractivity contribution in [3.05, 3.63) is 52.6 Å². The highest BCUT2D eigenvalue weighted by molar-refractivity contribution is 6.31. The standard InChI is InChI=1S/C16H17ClN2O4/c1-3-22-15(20)13-14(16(21)23-4-2)19(10-18-13)9-11-7-5-6-8-12(11)17/h5-8,10H,3-4,9H2,1-2H3. The van der Waals surface area contributed by atoms with E-state index < -0.39 is 11.9 Å². The van der Waals surface area contributed by atoms with Gasteiger partial charge < -0.3 is 14.0 Å². The predicted octanol–water partition coefficient (Wildman–Crippen LogP) is 2.94. The lowest BCUT2D eigenvalue weighted by Gasteiger charge is -2.10. The molecule has 0 N–H and O–H groups in total. The first-order chi connectivity index (χ1) is 11.1. The van der Waals surface area contributed by atoms with Gasteiger partial charge in [0.15, 0.2) is 11.4 Å². The molecule has 0 spiro atoms. The summed E-state index contributed by atoms with van der Waals surface area (Å²) in [5.74, 6) is -1.28. The zero-order valence-electron chi connectivity index (χ0n) is 12.9. The van der Waals surface area contributed by atoms with E-state index in [2.05, 4.69) is 4.98 Å². The highest BCUT2D eigenvalue weighted by Crippen LogP contribution is 2.19. The lowest BCUT2D eigenvalue weighted by molar-refractivity contribution is 0.0467. The molecule has 7 heteroatoms. The number of esters is 2. The molecular weight excluding hydrogens is 320 g/mol. The molecule has 0 unspecified atom stereocenters. The van der Waals surface area contributed by atoms with Crippen LogP contribution in [0.1, 0.15) is 40.4 Å². The number of carbonyl (C=O) groups excluding carboxylic acids is 2. The van der Waals surface area contributed by atoms with Gasteiger partial charge in [-0.15, -0.1) is 0 Å². The van der Waals surface area contributed by atoms with Crippen LogP contribution in [-0.4, -0.2) is 34.7 Å². The summed E-state index contributed by atoms with van der Waals surface area (Å²) >= 11 is 6.14. The molecule has 6 nitrogen and oxygen atoms in total. The molecular formula is C16H17ClN2O4. The van der Waals surface area contributed by atoms with Gasteiger partial charge >= 0.3 is 11.9 Å². The average Bonchev–Trinajstić information content (AvgIpc) is 2.94. The van der Waals surface area contributed by atoms with Crippen LogP contribution in [0.25, 0.3) is 0 Å². The molecule has 1 aromatic carbocycles. The number of imidazole rings is 1. The second-order valence-electron chi connectivity index (χ2n) is 4.60. The highest BCUT2D eigenvalue weighted by Gasteiger charge is 2.26. The Morgan fingerprint density at radius 3 is 2.43 bits per heavy atom. The van der Waals surface area contributed by atoms with Crippen molar-refractivity contribution in [3.63, 3.8) is 0 Å². The van der Waals surface area contributed by atoms with Crippen LogP contribution >= 0.6 is 11.6 Å². The van der Waals surface area contributed by atoms with Crippen LogP contribution in [0.4, 0.5) is 0 Å². The van der Waals surface area contributed by atoms with Crippen LogP contribution in [0.2, 0.25) is 5.02 Å². The van der Waals surface area contributed by atoms with E-state index in [1.807, 2.05) is 18.2 Å². The minimum Gasteiger partial charge on any atom is -0.461 e. The second-order valence-corrected chi connectivity index (χ2v) is 5.01. The van der Waals surface area contributed by atoms with E-state index in [9.17, 15) is 9.59 Å². The lowest BCUT2D eigenvalue weighted by atomic mass is 10.2. The molecule has 2 aromatic rings. The number of rotatable bonds is 6. The van der Waals surface area contributed by atoms with E-state index >= 15 is 0 Å². The summed E-state index contributed by atoms with van der Waals surface area (Å²) in [6.07, 6.45) is 1.40. The van der Waals surface area contributed by atoms with Crippen LogP contribution in [-0.2, 0) is 16.0 Å². The smallest absolute Gasteiger partial charge is 0.359 e. The molecule has 0 saturated carbocycles. The van der Waals surface area contributed by atoms with Gasteiger partial charge in [0.05, 0.1) is 26.1 Å². The van der Waals surface area contributed by atoms with Crippen LogP contribution in [0.5, 0.6) is 0 Å². The molecule has 1 aromatic heterocycles. The fourth-order valence-electron chi connectivity index (χ4n) is 2.07. The fraction of sp³-hybridized carbons (Fsp3) is 0.312. The highest BCUT2D eigenvalue weighted by atomic mass is 35.5. The van der Waals surface area contributed by atoms with Crippen molar-refractivity contribution in [1.29, 1.82) is 0 Å². The third-order valence-electron chi connectivity index (χ3n) is 3.07. The Morgan fingerprint density at radius 2 is 1.78 bits per heavy atom. The van der Waals surface area contributed by atoms with Gasteiger partial charge in [-0.2, -0.15) is 0 Å². The van der Waals surface area contributed by atoms with Crippen molar-refractivity contribution in [2.45, 2.75) is 20.4 Å². The van der Waals surface area contributed by atoms with Crippen molar-refractivity contribution < 1.29 is 19.1 Å². The minimum atomic E-state index is -0.659. The summed E-state index contributed by atoms with van der Waals surface area (Å²) in [6.45, 7) is 4.05. The molecule has 1 heterocycles. The number of hydrogen-bond donors (Lipinski definition) is 0. The van der Waals surface area contributed by atoms with Gasteiger partial charge in [0.1, 0.15) is 0 Å². The van der Waals surface area contributed by atoms with Gasteiger partial charge in [-0.1, -0.05) is 29.8 Å². The van der Waals surface area contributed by atoms with Gasteiger partial charge in [-0.3, -0.25) is 0 Å². The quantitative estimate of drug-likeness (QED) is 0.758. The maximum Gasteiger partial charge on any atom is 0.359 e. The minimum absolute atomic E-state index is 0.0580. The summed E-state index contributed by atoms with van der Waals surface area (Å²) in [5.41, 5.74) is 0.801. The molecule has 0 radical (unpaired) electrons. The summed E-state index contributed by atoms with van der Waals surface area (Å²) in [4.78, 5) is 28.2. The molecule has 2 rings (SSSR count). The van der Waals surface area contributed by atoms with Gasteiger partial charge in [0.25, 0.3) is 0 Å². The number of aromatic nitrogens is 2. The Morgan fingerprint density at radius 1 is 1.13 bits per heavy atom. The van der Waals surface area contributed by atoms with Crippen molar-refractivity contribution in [2.24, 2.45) is 0 Å². The Bertz CT molecular complexity index is 712. The van der Waals surface area contributed by atoms with Crippen LogP contribution in [0.15, 0.2) is 30.6 Å². The second kappa shape index (κ2) is 7.78. The summed E-state index contributed by atoms with van der Waals surface area (Å²) in [5, 5.41) is 0.564. The first-order valence-corrected chi connectivity index (χ1v) is 7.59. The number of halogens is 1. The van der Waals surface area contributed by atoms with Gasteiger partial charge in [0.2, 0.25) is 0 Å². The summed E-state index contributed by atoms with van der Waals surface area (Å²) < 4.78 is 11.5. The van der Waals surface area contributed by atoms with Gasteiger partial charge in [-0.05, 0) is 25.5 Å². The zero-order chi connectivity index (χ0) is 16.8. The molecule has 0 aliphatic rings. The maximum absolute atomic E-state index is 12.2. The maximum atomic E-state index is 12.2. The van der Waals surface area contributed by atoms with E-state index in [1.165, 1.54) is 10.9 Å². The third kappa shape index (κ3) is 3.90. The Hall–Kier alpha value is -2.34. The van der Waals surface area contributed by atoms with Crippen molar-refractivity contribution >= 4 is 23.5 Å². The number of ether oxygens (including phenoxy) is 2. The van der Waals surface area contributed by atoms with E-state index in [-0.39, 0.29) is 24.6 Å².